The number of pyridine rings is 1. The van der Waals surface area contributed by atoms with E-state index in [2.05, 4.69) is 33.1 Å². The van der Waals surface area contributed by atoms with Crippen molar-refractivity contribution in [2.45, 2.75) is 19.4 Å². The predicted octanol–water partition coefficient (Wildman–Crippen LogP) is 4.69. The Morgan fingerprint density at radius 1 is 1.02 bits per heavy atom. The van der Waals surface area contributed by atoms with Gasteiger partial charge in [-0.15, -0.1) is 0 Å². The topological polar surface area (TPSA) is 114 Å². The lowest BCUT2D eigenvalue weighted by Crippen LogP contribution is -2.37. The predicted molar refractivity (Wildman–Crippen MR) is 180 cm³/mol. The summed E-state index contributed by atoms with van der Waals surface area (Å²) in [5, 5.41) is 6.69. The second-order valence-corrected chi connectivity index (χ2v) is 11.7. The fraction of sp³-hybridized carbons (Fsp3) is 0.312. The number of nitrogens with one attached hydrogen (secondary N) is 2. The Hall–Kier alpha value is -3.77. The highest BCUT2D eigenvalue weighted by atomic mass is 35.5. The van der Waals surface area contributed by atoms with Gasteiger partial charge in [0.05, 0.1) is 41.2 Å². The number of fused-ring (bicyclic) bond motifs is 1. The number of thiol groups is 1. The minimum absolute atomic E-state index is 0.0336. The van der Waals surface area contributed by atoms with Gasteiger partial charge in [0.25, 0.3) is 5.91 Å². The molecule has 5 rings (SSSR count). The van der Waals surface area contributed by atoms with Crippen molar-refractivity contribution in [1.82, 2.24) is 14.7 Å². The van der Waals surface area contributed by atoms with Crippen LogP contribution in [0.25, 0.3) is 5.65 Å². The molecule has 1 amide bonds. The van der Waals surface area contributed by atoms with Crippen molar-refractivity contribution in [3.05, 3.63) is 98.0 Å². The van der Waals surface area contributed by atoms with Crippen LogP contribution in [0.3, 0.4) is 0 Å². The number of carbonyl (C=O) groups excluding carboxylic acids is 2. The number of carbonyl (C=O) groups is 2. The van der Waals surface area contributed by atoms with E-state index in [0.29, 0.717) is 59.9 Å². The number of anilines is 2. The number of Topliss-reactive ketones (excluding diaryl/α,β-unsaturated/α-hetero) is 1. The van der Waals surface area contributed by atoms with Crippen molar-refractivity contribution in [3.8, 4) is 5.75 Å². The minimum atomic E-state index is -0.710. The Morgan fingerprint density at radius 3 is 2.53 bits per heavy atom. The van der Waals surface area contributed by atoms with Crippen LogP contribution in [-0.2, 0) is 22.6 Å². The third-order valence-electron chi connectivity index (χ3n) is 7.17. The van der Waals surface area contributed by atoms with Crippen LogP contribution in [0.15, 0.2) is 65.6 Å². The molecule has 1 aliphatic rings. The molecule has 236 valence electrons. The van der Waals surface area contributed by atoms with Crippen molar-refractivity contribution in [3.63, 3.8) is 0 Å². The Bertz CT molecular complexity index is 1730. The quantitative estimate of drug-likeness (QED) is 0.139. The molecule has 0 spiro atoms. The van der Waals surface area contributed by atoms with Crippen LogP contribution in [0, 0.1) is 0 Å². The molecule has 3 heterocycles. The first-order valence-electron chi connectivity index (χ1n) is 14.5. The molecular weight excluding hydrogens is 637 g/mol. The third-order valence-corrected chi connectivity index (χ3v) is 8.22. The van der Waals surface area contributed by atoms with Crippen molar-refractivity contribution in [2.24, 2.45) is 0 Å². The van der Waals surface area contributed by atoms with Crippen molar-refractivity contribution < 1.29 is 19.1 Å². The smallest absolute Gasteiger partial charge is 0.301 e. The van der Waals surface area contributed by atoms with E-state index in [1.54, 1.807) is 24.4 Å². The number of hydrogen-bond donors (Lipinski definition) is 3. The number of ketones is 1. The van der Waals surface area contributed by atoms with Gasteiger partial charge < -0.3 is 25.0 Å². The summed E-state index contributed by atoms with van der Waals surface area (Å²) >= 11 is 16.4. The maximum Gasteiger partial charge on any atom is 0.301 e. The van der Waals surface area contributed by atoms with Crippen molar-refractivity contribution in [1.29, 1.82) is 0 Å². The maximum atomic E-state index is 14.1. The Kier molecular flexibility index (Phi) is 11.2. The van der Waals surface area contributed by atoms with Gasteiger partial charge in [0.2, 0.25) is 5.75 Å². The van der Waals surface area contributed by atoms with Crippen LogP contribution in [0.1, 0.15) is 28.0 Å². The Labute approximate surface area is 276 Å². The van der Waals surface area contributed by atoms with E-state index in [0.717, 1.165) is 17.7 Å². The van der Waals surface area contributed by atoms with Gasteiger partial charge in [-0.2, -0.15) is 12.6 Å². The van der Waals surface area contributed by atoms with Gasteiger partial charge in [0.1, 0.15) is 6.61 Å². The standard InChI is InChI=1S/C32H33Cl2N5O5S/c33-25-8-7-22(16-26(25)34)15-24(40)18-36-31(41)28-29(44-20-21-5-2-1-3-6-21)32(42)39-19-23(38-10-12-43-13-11-38)17-27(30(39)37-28)35-9-4-14-45/h1-3,5-8,16-17,19,35,45H,4,9-15,18,20H2,(H,36,41). The summed E-state index contributed by atoms with van der Waals surface area (Å²) in [5.41, 5.74) is 2.35. The van der Waals surface area contributed by atoms with Crippen molar-refractivity contribution in [2.75, 3.05) is 55.4 Å². The largest absolute Gasteiger partial charge is 0.481 e. The van der Waals surface area contributed by atoms with Gasteiger partial charge in [-0.05, 0) is 41.5 Å². The van der Waals surface area contributed by atoms with Crippen LogP contribution in [0.5, 0.6) is 5.75 Å². The van der Waals surface area contributed by atoms with Gasteiger partial charge in [-0.3, -0.25) is 18.8 Å². The van der Waals surface area contributed by atoms with Crippen LogP contribution < -0.4 is 25.8 Å². The number of rotatable bonds is 13. The van der Waals surface area contributed by atoms with E-state index >= 15 is 0 Å². The van der Waals surface area contributed by atoms with E-state index in [1.807, 2.05) is 36.4 Å². The number of amides is 1. The molecule has 0 bridgehead atoms. The highest BCUT2D eigenvalue weighted by Crippen LogP contribution is 2.27. The lowest BCUT2D eigenvalue weighted by Gasteiger charge is -2.29. The zero-order valence-electron chi connectivity index (χ0n) is 24.4. The summed E-state index contributed by atoms with van der Waals surface area (Å²) in [6.45, 7) is 2.80. The molecule has 1 fully saturated rings. The summed E-state index contributed by atoms with van der Waals surface area (Å²) in [6.07, 6.45) is 2.51. The summed E-state index contributed by atoms with van der Waals surface area (Å²) < 4.78 is 12.9. The molecule has 0 radical (unpaired) electrons. The second kappa shape index (κ2) is 15.5. The zero-order chi connectivity index (χ0) is 31.8. The molecule has 2 N–H and O–H groups in total. The summed E-state index contributed by atoms with van der Waals surface area (Å²) in [4.78, 5) is 47.2. The molecule has 10 nitrogen and oxygen atoms in total. The number of nitrogens with zero attached hydrogens (tertiary/aromatic N) is 3. The molecule has 0 saturated carbocycles. The van der Waals surface area contributed by atoms with Crippen molar-refractivity contribution >= 4 is 64.5 Å². The van der Waals surface area contributed by atoms with Crippen LogP contribution >= 0.6 is 35.8 Å². The molecule has 1 aliphatic heterocycles. The van der Waals surface area contributed by atoms with E-state index in [9.17, 15) is 14.4 Å². The average molecular weight is 671 g/mol. The number of hydrogen-bond acceptors (Lipinski definition) is 9. The fourth-order valence-electron chi connectivity index (χ4n) is 4.85. The highest BCUT2D eigenvalue weighted by molar-refractivity contribution is 7.80. The molecule has 0 unspecified atom stereocenters. The number of benzene rings is 2. The van der Waals surface area contributed by atoms with Crippen LogP contribution in [-0.4, -0.2) is 66.2 Å². The average Bonchev–Trinajstić information content (AvgIpc) is 3.06. The Balaban J connectivity index is 1.49. The van der Waals surface area contributed by atoms with Gasteiger partial charge >= 0.3 is 5.56 Å². The minimum Gasteiger partial charge on any atom is -0.481 e. The second-order valence-electron chi connectivity index (χ2n) is 10.4. The molecule has 1 saturated heterocycles. The summed E-state index contributed by atoms with van der Waals surface area (Å²) in [7, 11) is 0. The molecular formula is C32H33Cl2N5O5S. The SMILES string of the molecule is O=C(CNC(=O)c1nc2c(NCCCS)cc(N3CCOCC3)cn2c(=O)c1OCc1ccccc1)Cc1ccc(Cl)c(Cl)c1. The highest BCUT2D eigenvalue weighted by Gasteiger charge is 2.24. The summed E-state index contributed by atoms with van der Waals surface area (Å²) in [6, 6.07) is 16.1. The van der Waals surface area contributed by atoms with E-state index < -0.39 is 11.5 Å². The number of aromatic nitrogens is 2. The maximum absolute atomic E-state index is 14.1. The molecule has 0 aliphatic carbocycles. The fourth-order valence-corrected chi connectivity index (χ4v) is 5.33. The monoisotopic (exact) mass is 669 g/mol. The van der Waals surface area contributed by atoms with Crippen LogP contribution in [0.2, 0.25) is 10.0 Å². The number of halogens is 2. The van der Waals surface area contributed by atoms with Gasteiger partial charge in [-0.25, -0.2) is 4.98 Å². The third kappa shape index (κ3) is 8.29. The van der Waals surface area contributed by atoms with E-state index in [1.165, 1.54) is 4.40 Å². The molecule has 2 aromatic carbocycles. The Morgan fingerprint density at radius 2 is 1.80 bits per heavy atom. The lowest BCUT2D eigenvalue weighted by molar-refractivity contribution is -0.117. The first-order chi connectivity index (χ1) is 21.8. The van der Waals surface area contributed by atoms with Crippen LogP contribution in [0.4, 0.5) is 11.4 Å². The molecule has 0 atom stereocenters. The molecule has 13 heteroatoms. The lowest BCUT2D eigenvalue weighted by atomic mass is 10.1. The first-order valence-corrected chi connectivity index (χ1v) is 15.9. The summed E-state index contributed by atoms with van der Waals surface area (Å²) in [5.74, 6) is -0.525. The normalized spacial score (nSPS) is 13.1. The van der Waals surface area contributed by atoms with Gasteiger partial charge in [0, 0.05) is 32.3 Å². The van der Waals surface area contributed by atoms with E-state index in [-0.39, 0.29) is 42.4 Å². The number of ether oxygens (including phenoxy) is 2. The molecule has 2 aromatic heterocycles. The molecule has 45 heavy (non-hydrogen) atoms. The number of morpholine rings is 1. The molecule has 4 aromatic rings. The zero-order valence-corrected chi connectivity index (χ0v) is 26.8. The van der Waals surface area contributed by atoms with E-state index in [4.69, 9.17) is 32.7 Å². The van der Waals surface area contributed by atoms with Gasteiger partial charge in [0.15, 0.2) is 17.1 Å². The van der Waals surface area contributed by atoms with Gasteiger partial charge in [-0.1, -0.05) is 59.6 Å². The first kappa shape index (κ1) is 32.6.